The first-order valence-electron chi connectivity index (χ1n) is 19.5. The molecule has 6 aromatic rings. The molecule has 57 heavy (non-hydrogen) atoms. The summed E-state index contributed by atoms with van der Waals surface area (Å²) in [5, 5.41) is 17.0. The summed E-state index contributed by atoms with van der Waals surface area (Å²) in [5.41, 5.74) is 9.98. The van der Waals surface area contributed by atoms with E-state index in [1.54, 1.807) is 6.33 Å². The van der Waals surface area contributed by atoms with Gasteiger partial charge in [0.25, 0.3) is 11.7 Å². The molecule has 0 aliphatic carbocycles. The molecule has 3 N–H and O–H groups in total. The first-order chi connectivity index (χ1) is 27.5. The summed E-state index contributed by atoms with van der Waals surface area (Å²) in [6, 6.07) is 25.0. The molecule has 292 valence electrons. The lowest BCUT2D eigenvalue weighted by molar-refractivity contribution is -0.133. The Hall–Kier alpha value is -6.21. The number of likely N-dealkylation sites (tertiary alicyclic amines) is 1. The van der Waals surface area contributed by atoms with E-state index in [0.29, 0.717) is 31.2 Å². The third kappa shape index (κ3) is 8.48. The van der Waals surface area contributed by atoms with E-state index in [-0.39, 0.29) is 35.0 Å². The molecule has 2 unspecified atom stereocenters. The van der Waals surface area contributed by atoms with Crippen LogP contribution in [-0.4, -0.2) is 66.5 Å². The van der Waals surface area contributed by atoms with Crippen molar-refractivity contribution in [3.05, 3.63) is 119 Å². The van der Waals surface area contributed by atoms with Gasteiger partial charge in [-0.3, -0.25) is 24.6 Å². The van der Waals surface area contributed by atoms with Crippen LogP contribution in [0.5, 0.6) is 0 Å². The zero-order chi connectivity index (χ0) is 39.7. The largest absolute Gasteiger partial charge is 0.374 e. The van der Waals surface area contributed by atoms with Crippen molar-refractivity contribution >= 4 is 28.9 Å². The van der Waals surface area contributed by atoms with Gasteiger partial charge in [0.1, 0.15) is 12.4 Å². The maximum Gasteiger partial charge on any atom is 0.292 e. The minimum absolute atomic E-state index is 0.0236. The Bertz CT molecular complexity index is 2430. The van der Waals surface area contributed by atoms with Crippen molar-refractivity contribution in [2.24, 2.45) is 0 Å². The van der Waals surface area contributed by atoms with E-state index in [0.717, 1.165) is 77.2 Å². The van der Waals surface area contributed by atoms with Crippen molar-refractivity contribution < 1.29 is 18.9 Å². The number of imide groups is 1. The van der Waals surface area contributed by atoms with Crippen molar-refractivity contribution in [3.8, 4) is 22.4 Å². The molecule has 2 fully saturated rings. The lowest BCUT2D eigenvalue weighted by atomic mass is 9.90. The molecule has 0 radical (unpaired) electrons. The number of fused-ring (bicyclic) bond motifs is 1. The van der Waals surface area contributed by atoms with E-state index in [1.807, 2.05) is 62.7 Å². The summed E-state index contributed by atoms with van der Waals surface area (Å²) in [7, 11) is 0. The predicted octanol–water partition coefficient (Wildman–Crippen LogP) is 6.58. The smallest absolute Gasteiger partial charge is 0.292 e. The number of carbonyl (C=O) groups excluding carboxylic acids is 3. The molecule has 2 atom stereocenters. The second-order valence-corrected chi connectivity index (χ2v) is 16.2. The highest BCUT2D eigenvalue weighted by Gasteiger charge is 2.27. The van der Waals surface area contributed by atoms with Crippen molar-refractivity contribution in [3.63, 3.8) is 0 Å². The van der Waals surface area contributed by atoms with Crippen LogP contribution in [0.1, 0.15) is 91.1 Å². The lowest BCUT2D eigenvalue weighted by Crippen LogP contribution is -2.47. The quantitative estimate of drug-likeness (QED) is 0.130. The molecule has 8 rings (SSSR count). The second kappa shape index (κ2) is 15.7. The number of hydrogen-bond acceptors (Lipinski definition) is 10. The molecule has 13 nitrogen and oxygen atoms in total. The Balaban J connectivity index is 0.888. The van der Waals surface area contributed by atoms with Crippen molar-refractivity contribution in [1.29, 1.82) is 0 Å². The van der Waals surface area contributed by atoms with Crippen LogP contribution in [0, 0.1) is 6.92 Å². The van der Waals surface area contributed by atoms with Gasteiger partial charge in [0.05, 0.1) is 11.2 Å². The van der Waals surface area contributed by atoms with E-state index in [9.17, 15) is 14.4 Å². The zero-order valence-electron chi connectivity index (χ0n) is 32.7. The Labute approximate surface area is 331 Å². The van der Waals surface area contributed by atoms with Gasteiger partial charge in [0, 0.05) is 54.5 Å². The highest BCUT2D eigenvalue weighted by atomic mass is 16.5. The highest BCUT2D eigenvalue weighted by molar-refractivity contribution is 6.01. The molecule has 0 saturated carbocycles. The number of amides is 3. The first-order valence-corrected chi connectivity index (χ1v) is 19.5. The molecule has 2 aliphatic heterocycles. The van der Waals surface area contributed by atoms with E-state index in [2.05, 4.69) is 89.6 Å². The number of nitrogens with one attached hydrogen (secondary N) is 3. The molecule has 2 saturated heterocycles. The number of anilines is 1. The topological polar surface area (TPSA) is 160 Å². The molecular weight excluding hydrogens is 719 g/mol. The first kappa shape index (κ1) is 37.7. The Kier molecular flexibility index (Phi) is 10.4. The lowest BCUT2D eigenvalue weighted by Gasteiger charge is -2.33. The van der Waals surface area contributed by atoms with Gasteiger partial charge < -0.3 is 15.2 Å². The van der Waals surface area contributed by atoms with Gasteiger partial charge in [0.15, 0.2) is 0 Å². The number of piperidine rings is 2. The molecular formula is C44H47N9O4. The maximum absolute atomic E-state index is 12.7. The average Bonchev–Trinajstić information content (AvgIpc) is 3.88. The number of carbonyl (C=O) groups is 3. The number of hydrogen-bond donors (Lipinski definition) is 3. The third-order valence-corrected chi connectivity index (χ3v) is 10.9. The van der Waals surface area contributed by atoms with Gasteiger partial charge in [-0.05, 0) is 90.7 Å². The fourth-order valence-electron chi connectivity index (χ4n) is 7.64. The summed E-state index contributed by atoms with van der Waals surface area (Å²) in [6.07, 6.45) is 6.76. The van der Waals surface area contributed by atoms with Crippen molar-refractivity contribution in [1.82, 2.24) is 40.3 Å². The summed E-state index contributed by atoms with van der Waals surface area (Å²) < 4.78 is 7.15. The van der Waals surface area contributed by atoms with Crippen LogP contribution in [0.25, 0.3) is 27.9 Å². The van der Waals surface area contributed by atoms with E-state index in [4.69, 9.17) is 4.52 Å². The number of nitrogens with zero attached hydrogens (tertiary/aromatic N) is 6. The Morgan fingerprint density at radius 3 is 2.49 bits per heavy atom. The summed E-state index contributed by atoms with van der Waals surface area (Å²) >= 11 is 0. The van der Waals surface area contributed by atoms with Crippen LogP contribution >= 0.6 is 0 Å². The monoisotopic (exact) mass is 765 g/mol. The number of rotatable bonds is 10. The zero-order valence-corrected chi connectivity index (χ0v) is 32.7. The van der Waals surface area contributed by atoms with Crippen LogP contribution in [0.15, 0.2) is 89.8 Å². The fraction of sp³-hybridized carbons (Fsp3) is 0.341. The van der Waals surface area contributed by atoms with Gasteiger partial charge in [-0.1, -0.05) is 74.5 Å². The number of aromatic nitrogens is 5. The molecule has 0 bridgehead atoms. The molecule has 5 heterocycles. The predicted molar refractivity (Wildman–Crippen MR) is 216 cm³/mol. The van der Waals surface area contributed by atoms with Gasteiger partial charge in [-0.25, -0.2) is 9.50 Å². The van der Waals surface area contributed by atoms with Gasteiger partial charge in [-0.2, -0.15) is 10.1 Å². The number of benzene rings is 3. The normalized spacial score (nSPS) is 17.8. The van der Waals surface area contributed by atoms with E-state index < -0.39 is 0 Å². The Morgan fingerprint density at radius 2 is 1.75 bits per heavy atom. The minimum atomic E-state index is -0.385. The second-order valence-electron chi connectivity index (χ2n) is 16.2. The standard InChI is InChI=1S/C44H47N9O4/c1-27-20-31(11-12-32(27)22-45-42(56)40-50-43(57-51-40)44(2,3)4)39-37-21-34(25-53(37)47-26-46-39)30-9-7-28(8-10-30)23-52-19-5-6-33(24-52)29-13-15-35(16-14-29)48-36-17-18-38(54)49-41(36)55/h7-16,20-21,25-26,33,36,48H,5-6,17-19,22-24H2,1-4H3,(H,45,56)(H,49,54,55). The van der Waals surface area contributed by atoms with Crippen LogP contribution in [-0.2, 0) is 28.1 Å². The third-order valence-electron chi connectivity index (χ3n) is 10.9. The molecule has 0 spiro atoms. The summed E-state index contributed by atoms with van der Waals surface area (Å²) in [6.45, 7) is 11.1. The molecule has 3 aromatic heterocycles. The highest BCUT2D eigenvalue weighted by Crippen LogP contribution is 2.32. The van der Waals surface area contributed by atoms with E-state index in [1.165, 1.54) is 11.1 Å². The van der Waals surface area contributed by atoms with Gasteiger partial charge >= 0.3 is 0 Å². The number of aryl methyl sites for hydroxylation is 1. The van der Waals surface area contributed by atoms with Gasteiger partial charge in [-0.15, -0.1) is 0 Å². The van der Waals surface area contributed by atoms with Crippen LogP contribution in [0.2, 0.25) is 0 Å². The van der Waals surface area contributed by atoms with Crippen molar-refractivity contribution in [2.75, 3.05) is 18.4 Å². The fourth-order valence-corrected chi connectivity index (χ4v) is 7.64. The molecule has 13 heteroatoms. The van der Waals surface area contributed by atoms with Crippen molar-refractivity contribution in [2.45, 2.75) is 83.8 Å². The molecule has 3 aromatic carbocycles. The summed E-state index contributed by atoms with van der Waals surface area (Å²) in [4.78, 5) is 47.8. The minimum Gasteiger partial charge on any atom is -0.374 e. The summed E-state index contributed by atoms with van der Waals surface area (Å²) in [5.74, 6) is 0.0349. The van der Waals surface area contributed by atoms with E-state index >= 15 is 0 Å². The molecule has 2 aliphatic rings. The maximum atomic E-state index is 12.7. The molecule has 3 amide bonds. The average molecular weight is 766 g/mol. The van der Waals surface area contributed by atoms with Gasteiger partial charge in [0.2, 0.25) is 17.7 Å². The van der Waals surface area contributed by atoms with Crippen LogP contribution < -0.4 is 16.0 Å². The SMILES string of the molecule is Cc1cc(-c2ncnn3cc(-c4ccc(CN5CCCC(c6ccc(NC7CCC(=O)NC7=O)cc6)C5)cc4)cc23)ccc1CNC(=O)c1noc(C(C)(C)C)n1. The van der Waals surface area contributed by atoms with Crippen LogP contribution in [0.3, 0.4) is 0 Å². The Morgan fingerprint density at radius 1 is 0.965 bits per heavy atom. The van der Waals surface area contributed by atoms with Crippen LogP contribution in [0.4, 0.5) is 5.69 Å².